The Morgan fingerprint density at radius 3 is 2.73 bits per heavy atom. The van der Waals surface area contributed by atoms with Crippen LogP contribution >= 0.6 is 0 Å². The van der Waals surface area contributed by atoms with Gasteiger partial charge in [0, 0.05) is 32.2 Å². The Morgan fingerprint density at radius 2 is 1.93 bits per heavy atom. The first-order valence-corrected chi connectivity index (χ1v) is 10.9. The molecule has 1 aromatic carbocycles. The fraction of sp³-hybridized carbons (Fsp3) is 0.600. The molecule has 3 aliphatic rings. The second-order valence-electron chi connectivity index (χ2n) is 8.35. The summed E-state index contributed by atoms with van der Waals surface area (Å²) < 4.78 is 5.93. The van der Waals surface area contributed by atoms with E-state index < -0.39 is 0 Å². The van der Waals surface area contributed by atoms with Crippen molar-refractivity contribution in [3.8, 4) is 0 Å². The van der Waals surface area contributed by atoms with Gasteiger partial charge in [-0.25, -0.2) is 10.9 Å². The van der Waals surface area contributed by atoms with Gasteiger partial charge in [0.15, 0.2) is 5.58 Å². The molecule has 10 nitrogen and oxygen atoms in total. The highest BCUT2D eigenvalue weighted by Crippen LogP contribution is 2.28. The lowest BCUT2D eigenvalue weighted by Crippen LogP contribution is -2.52. The topological polar surface area (TPSA) is 110 Å². The lowest BCUT2D eigenvalue weighted by Gasteiger charge is -2.41. The second-order valence-corrected chi connectivity index (χ2v) is 8.35. The molecule has 1 aromatic heterocycles. The molecule has 0 saturated carbocycles. The van der Waals surface area contributed by atoms with Crippen LogP contribution in [-0.4, -0.2) is 60.7 Å². The summed E-state index contributed by atoms with van der Waals surface area (Å²) in [4.78, 5) is 22.0. The number of hydrazine groups is 3. The van der Waals surface area contributed by atoms with Crippen LogP contribution in [-0.2, 0) is 4.79 Å². The molecule has 1 atom stereocenters. The Hall–Kier alpha value is -2.24. The lowest BCUT2D eigenvalue weighted by atomic mass is 9.93. The molecule has 3 saturated heterocycles. The Balaban J connectivity index is 1.12. The van der Waals surface area contributed by atoms with E-state index in [9.17, 15) is 4.79 Å². The van der Waals surface area contributed by atoms with Gasteiger partial charge in [-0.2, -0.15) is 16.1 Å². The van der Waals surface area contributed by atoms with E-state index in [0.29, 0.717) is 12.6 Å². The first kappa shape index (κ1) is 19.7. The summed E-state index contributed by atoms with van der Waals surface area (Å²) in [7, 11) is 0. The van der Waals surface area contributed by atoms with E-state index in [1.54, 1.807) is 0 Å². The molecule has 3 aliphatic heterocycles. The molecule has 0 spiro atoms. The summed E-state index contributed by atoms with van der Waals surface area (Å²) in [6.07, 6.45) is 4.17. The van der Waals surface area contributed by atoms with Gasteiger partial charge in [-0.3, -0.25) is 9.69 Å². The fourth-order valence-electron chi connectivity index (χ4n) is 4.70. The Kier molecular flexibility index (Phi) is 5.82. The van der Waals surface area contributed by atoms with Crippen LogP contribution in [0.2, 0.25) is 0 Å². The van der Waals surface area contributed by atoms with Crippen LogP contribution in [0.5, 0.6) is 0 Å². The molecule has 1 amide bonds. The Morgan fingerprint density at radius 1 is 1.13 bits per heavy atom. The number of hydrogen-bond acceptors (Lipinski definition) is 9. The summed E-state index contributed by atoms with van der Waals surface area (Å²) in [5.74, 6) is 0.218. The number of nitrogens with zero attached hydrogens (tertiary/aromatic N) is 3. The summed E-state index contributed by atoms with van der Waals surface area (Å²) in [6, 6.07) is 9.15. The fourth-order valence-corrected chi connectivity index (χ4v) is 4.70. The summed E-state index contributed by atoms with van der Waals surface area (Å²) in [6.45, 7) is 4.34. The summed E-state index contributed by atoms with van der Waals surface area (Å²) in [5, 5.41) is 3.06. The van der Waals surface area contributed by atoms with Crippen molar-refractivity contribution in [1.29, 1.82) is 0 Å². The highest BCUT2D eigenvalue weighted by Gasteiger charge is 2.32. The van der Waals surface area contributed by atoms with Gasteiger partial charge in [0.25, 0.3) is 6.01 Å². The molecule has 2 aromatic rings. The lowest BCUT2D eigenvalue weighted by molar-refractivity contribution is -0.127. The second kappa shape index (κ2) is 8.86. The molecule has 0 aliphatic carbocycles. The minimum Gasteiger partial charge on any atom is -0.423 e. The zero-order valence-electron chi connectivity index (χ0n) is 17.1. The molecule has 1 unspecified atom stereocenters. The quantitative estimate of drug-likeness (QED) is 0.464. The zero-order valence-corrected chi connectivity index (χ0v) is 17.1. The molecular formula is C20H30N8O2. The predicted octanol–water partition coefficient (Wildman–Crippen LogP) is 0.0679. The number of carbonyl (C=O) groups excluding carboxylic acids is 1. The molecule has 0 bridgehead atoms. The number of hydrogen-bond donors (Lipinski definition) is 5. The third-order valence-corrected chi connectivity index (χ3v) is 6.39. The largest absolute Gasteiger partial charge is 0.423 e. The number of carbonyl (C=O) groups is 1. The van der Waals surface area contributed by atoms with Crippen LogP contribution in [0.3, 0.4) is 0 Å². The maximum absolute atomic E-state index is 12.6. The van der Waals surface area contributed by atoms with Crippen LogP contribution in [0.4, 0.5) is 6.01 Å². The highest BCUT2D eigenvalue weighted by atomic mass is 16.4. The maximum atomic E-state index is 12.6. The standard InChI is InChI=1S/C20H30N8O2/c29-19(21-12-18-23-25-26-24-18)14-4-3-9-28(13-14)15-7-10-27(11-8-15)20-22-16-5-1-2-6-17(16)30-20/h1-2,5-6,14-15,18,23-26H,3-4,7-13H2,(H,21,29). The molecule has 3 fully saturated rings. The average molecular weight is 415 g/mol. The van der Waals surface area contributed by atoms with Gasteiger partial charge >= 0.3 is 0 Å². The Bertz CT molecular complexity index is 826. The van der Waals surface area contributed by atoms with Crippen molar-refractivity contribution in [3.63, 3.8) is 0 Å². The van der Waals surface area contributed by atoms with Crippen molar-refractivity contribution in [3.05, 3.63) is 24.3 Å². The number of piperidine rings is 2. The number of fused-ring (bicyclic) bond motifs is 1. The van der Waals surface area contributed by atoms with Gasteiger partial charge in [0.2, 0.25) is 5.91 Å². The first-order valence-electron chi connectivity index (χ1n) is 10.9. The Labute approximate surface area is 175 Å². The van der Waals surface area contributed by atoms with Gasteiger partial charge in [-0.05, 0) is 44.4 Å². The number of rotatable bonds is 5. The molecule has 0 radical (unpaired) electrons. The SMILES string of the molecule is O=C(NCC1NNNN1)C1CCCN(C2CCN(c3nc4ccccc4o3)CC2)C1. The van der Waals surface area contributed by atoms with E-state index in [4.69, 9.17) is 4.42 Å². The van der Waals surface area contributed by atoms with Crippen LogP contribution in [0.25, 0.3) is 11.1 Å². The van der Waals surface area contributed by atoms with Gasteiger partial charge in [-0.1, -0.05) is 12.1 Å². The van der Waals surface area contributed by atoms with E-state index in [0.717, 1.165) is 69.0 Å². The third kappa shape index (κ3) is 4.28. The van der Waals surface area contributed by atoms with Crippen molar-refractivity contribution in [2.45, 2.75) is 37.9 Å². The van der Waals surface area contributed by atoms with Crippen LogP contribution < -0.4 is 32.1 Å². The van der Waals surface area contributed by atoms with E-state index in [1.165, 1.54) is 0 Å². The van der Waals surface area contributed by atoms with Crippen molar-refractivity contribution in [2.75, 3.05) is 37.6 Å². The number of amides is 1. The number of nitrogens with one attached hydrogen (secondary N) is 5. The maximum Gasteiger partial charge on any atom is 0.298 e. The van der Waals surface area contributed by atoms with Gasteiger partial charge in [0.05, 0.1) is 5.92 Å². The van der Waals surface area contributed by atoms with Gasteiger partial charge in [-0.15, -0.1) is 0 Å². The predicted molar refractivity (Wildman–Crippen MR) is 113 cm³/mol. The van der Waals surface area contributed by atoms with Crippen LogP contribution in [0, 0.1) is 5.92 Å². The number of aromatic nitrogens is 1. The van der Waals surface area contributed by atoms with Crippen molar-refractivity contribution < 1.29 is 9.21 Å². The average Bonchev–Trinajstić information content (AvgIpc) is 3.47. The highest BCUT2D eigenvalue weighted by molar-refractivity contribution is 5.79. The third-order valence-electron chi connectivity index (χ3n) is 6.39. The number of para-hydroxylation sites is 2. The molecule has 5 N–H and O–H groups in total. The van der Waals surface area contributed by atoms with E-state index in [2.05, 4.69) is 42.0 Å². The molecule has 5 rings (SSSR count). The summed E-state index contributed by atoms with van der Waals surface area (Å²) >= 11 is 0. The van der Waals surface area contributed by atoms with E-state index in [1.807, 2.05) is 24.3 Å². The normalized spacial score (nSPS) is 24.5. The van der Waals surface area contributed by atoms with Crippen molar-refractivity contribution >= 4 is 23.0 Å². The van der Waals surface area contributed by atoms with Crippen molar-refractivity contribution in [2.24, 2.45) is 5.92 Å². The van der Waals surface area contributed by atoms with E-state index in [-0.39, 0.29) is 18.0 Å². The first-order chi connectivity index (χ1) is 14.8. The van der Waals surface area contributed by atoms with Gasteiger partial charge in [0.1, 0.15) is 11.7 Å². The number of likely N-dealkylation sites (tertiary alicyclic amines) is 1. The molecule has 4 heterocycles. The van der Waals surface area contributed by atoms with Crippen molar-refractivity contribution in [1.82, 2.24) is 37.1 Å². The molecule has 30 heavy (non-hydrogen) atoms. The zero-order chi connectivity index (χ0) is 20.3. The minimum absolute atomic E-state index is 0.00942. The smallest absolute Gasteiger partial charge is 0.298 e. The summed E-state index contributed by atoms with van der Waals surface area (Å²) in [5.41, 5.74) is 13.3. The molecular weight excluding hydrogens is 384 g/mol. The number of benzene rings is 1. The number of oxazole rings is 1. The number of anilines is 1. The van der Waals surface area contributed by atoms with E-state index >= 15 is 0 Å². The minimum atomic E-state index is -0.00942. The van der Waals surface area contributed by atoms with Crippen LogP contribution in [0.15, 0.2) is 28.7 Å². The van der Waals surface area contributed by atoms with Crippen LogP contribution in [0.1, 0.15) is 25.7 Å². The monoisotopic (exact) mass is 414 g/mol. The molecule has 10 heteroatoms. The molecule has 162 valence electrons. The van der Waals surface area contributed by atoms with Gasteiger partial charge < -0.3 is 14.6 Å².